The third kappa shape index (κ3) is 1.75. The van der Waals surface area contributed by atoms with E-state index in [0.717, 1.165) is 6.20 Å². The molecule has 0 aliphatic rings. The van der Waals surface area contributed by atoms with Crippen LogP contribution >= 0.6 is 15.9 Å². The minimum absolute atomic E-state index is 0.00898. The number of hydrogen-bond donors (Lipinski definition) is 1. The lowest BCUT2D eigenvalue weighted by molar-refractivity contribution is 0.145. The second-order valence-corrected chi connectivity index (χ2v) is 2.99. The molecule has 6 heteroatoms. The van der Waals surface area contributed by atoms with Gasteiger partial charge in [-0.1, -0.05) is 0 Å². The zero-order valence-electron chi connectivity index (χ0n) is 6.26. The highest BCUT2D eigenvalue weighted by Gasteiger charge is 2.17. The topological polar surface area (TPSA) is 62.7 Å². The molecule has 0 spiro atoms. The summed E-state index contributed by atoms with van der Waals surface area (Å²) < 4.78 is 24.4. The van der Waals surface area contributed by atoms with Gasteiger partial charge in [-0.25, -0.2) is 8.78 Å². The van der Waals surface area contributed by atoms with Crippen molar-refractivity contribution >= 4 is 21.6 Å². The fourth-order valence-corrected chi connectivity index (χ4v) is 1.37. The van der Waals surface area contributed by atoms with Crippen LogP contribution in [0.2, 0.25) is 0 Å². The molecule has 0 unspecified atom stereocenters. The zero-order valence-corrected chi connectivity index (χ0v) is 7.85. The summed E-state index contributed by atoms with van der Waals surface area (Å²) in [6.07, 6.45) is -1.67. The molecule has 0 saturated heterocycles. The van der Waals surface area contributed by atoms with Crippen LogP contribution in [0.5, 0.6) is 0 Å². The Balaban J connectivity index is 3.38. The van der Waals surface area contributed by atoms with E-state index >= 15 is 0 Å². The van der Waals surface area contributed by atoms with Crippen LogP contribution in [0.4, 0.5) is 14.5 Å². The number of aromatic nitrogens is 1. The van der Waals surface area contributed by atoms with Crippen molar-refractivity contribution in [2.24, 2.45) is 0 Å². The van der Waals surface area contributed by atoms with E-state index in [2.05, 4.69) is 20.9 Å². The second-order valence-electron chi connectivity index (χ2n) is 2.20. The number of nitrogens with two attached hydrogens (primary N) is 1. The second kappa shape index (κ2) is 3.66. The first-order valence-electron chi connectivity index (χ1n) is 3.20. The van der Waals surface area contributed by atoms with Crippen LogP contribution in [0.1, 0.15) is 17.7 Å². The Morgan fingerprint density at radius 2 is 2.23 bits per heavy atom. The maximum atomic E-state index is 12.2. The monoisotopic (exact) mass is 247 g/mol. The van der Waals surface area contributed by atoms with E-state index in [-0.39, 0.29) is 15.7 Å². The van der Waals surface area contributed by atoms with Crippen LogP contribution in [0.25, 0.3) is 0 Å². The maximum absolute atomic E-state index is 12.2. The summed E-state index contributed by atoms with van der Waals surface area (Å²) in [4.78, 5) is 3.41. The van der Waals surface area contributed by atoms with Crippen LogP contribution < -0.4 is 5.73 Å². The molecule has 0 bridgehead atoms. The van der Waals surface area contributed by atoms with Gasteiger partial charge in [0.25, 0.3) is 6.43 Å². The van der Waals surface area contributed by atoms with Crippen LogP contribution in [-0.2, 0) is 0 Å². The van der Waals surface area contributed by atoms with Gasteiger partial charge >= 0.3 is 0 Å². The first kappa shape index (κ1) is 9.86. The van der Waals surface area contributed by atoms with Crippen LogP contribution in [0, 0.1) is 11.3 Å². The van der Waals surface area contributed by atoms with Gasteiger partial charge in [0.1, 0.15) is 11.8 Å². The average Bonchev–Trinajstić information content (AvgIpc) is 2.04. The molecule has 0 amide bonds. The van der Waals surface area contributed by atoms with Crippen molar-refractivity contribution in [1.82, 2.24) is 4.98 Å². The van der Waals surface area contributed by atoms with Crippen molar-refractivity contribution < 1.29 is 8.78 Å². The van der Waals surface area contributed by atoms with Gasteiger partial charge in [0.15, 0.2) is 0 Å². The molecule has 0 aromatic carbocycles. The lowest BCUT2D eigenvalue weighted by Gasteiger charge is -2.04. The molecule has 0 fully saturated rings. The number of halogens is 3. The van der Waals surface area contributed by atoms with E-state index in [1.165, 1.54) is 0 Å². The highest BCUT2D eigenvalue weighted by molar-refractivity contribution is 9.10. The van der Waals surface area contributed by atoms with Gasteiger partial charge in [0.2, 0.25) is 0 Å². The minimum Gasteiger partial charge on any atom is -0.396 e. The van der Waals surface area contributed by atoms with Gasteiger partial charge in [0.05, 0.1) is 21.9 Å². The molecule has 1 heterocycles. The van der Waals surface area contributed by atoms with Crippen molar-refractivity contribution in [3.8, 4) is 6.07 Å². The predicted octanol–water partition coefficient (Wildman–Crippen LogP) is 2.24. The molecule has 1 aromatic heterocycles. The number of rotatable bonds is 1. The summed E-state index contributed by atoms with van der Waals surface area (Å²) in [6, 6.07) is 1.71. The quantitative estimate of drug-likeness (QED) is 0.828. The Hall–Kier alpha value is -1.22. The SMILES string of the molecule is N#Cc1c(N)cnc(C(F)F)c1Br. The van der Waals surface area contributed by atoms with E-state index < -0.39 is 12.1 Å². The molecular weight excluding hydrogens is 244 g/mol. The highest BCUT2D eigenvalue weighted by atomic mass is 79.9. The first-order valence-corrected chi connectivity index (χ1v) is 3.99. The Bertz CT molecular complexity index is 373. The van der Waals surface area contributed by atoms with Gasteiger partial charge in [-0.2, -0.15) is 5.26 Å². The molecule has 13 heavy (non-hydrogen) atoms. The maximum Gasteiger partial charge on any atom is 0.281 e. The average molecular weight is 248 g/mol. The molecule has 0 aliphatic carbocycles. The fourth-order valence-electron chi connectivity index (χ4n) is 0.781. The number of anilines is 1. The molecule has 1 aromatic rings. The van der Waals surface area contributed by atoms with E-state index in [1.54, 1.807) is 6.07 Å². The Morgan fingerprint density at radius 3 is 2.69 bits per heavy atom. The van der Waals surface area contributed by atoms with E-state index in [1.807, 2.05) is 0 Å². The van der Waals surface area contributed by atoms with Crippen LogP contribution in [0.3, 0.4) is 0 Å². The molecular formula is C7H4BrF2N3. The van der Waals surface area contributed by atoms with Crippen molar-refractivity contribution in [2.75, 3.05) is 5.73 Å². The Kier molecular flexibility index (Phi) is 2.78. The van der Waals surface area contributed by atoms with Gasteiger partial charge in [-0.3, -0.25) is 4.98 Å². The molecule has 1 rings (SSSR count). The summed E-state index contributed by atoms with van der Waals surface area (Å²) >= 11 is 2.85. The zero-order chi connectivity index (χ0) is 10.0. The van der Waals surface area contributed by atoms with Crippen molar-refractivity contribution in [2.45, 2.75) is 6.43 Å². The number of pyridine rings is 1. The number of hydrogen-bond acceptors (Lipinski definition) is 3. The smallest absolute Gasteiger partial charge is 0.281 e. The summed E-state index contributed by atoms with van der Waals surface area (Å²) in [5.41, 5.74) is 4.95. The molecule has 0 atom stereocenters. The van der Waals surface area contributed by atoms with E-state index in [9.17, 15) is 8.78 Å². The Labute approximate surface area is 81.3 Å². The normalized spacial score (nSPS) is 10.1. The molecule has 0 saturated carbocycles. The first-order chi connectivity index (χ1) is 6.07. The van der Waals surface area contributed by atoms with E-state index in [4.69, 9.17) is 11.0 Å². The van der Waals surface area contributed by atoms with E-state index in [0.29, 0.717) is 0 Å². The molecule has 68 valence electrons. The summed E-state index contributed by atoms with van der Waals surface area (Å²) in [6.45, 7) is 0. The molecule has 0 aliphatic heterocycles. The number of nitriles is 1. The molecule has 0 radical (unpaired) electrons. The van der Waals surface area contributed by atoms with Gasteiger partial charge in [0, 0.05) is 0 Å². The molecule has 3 nitrogen and oxygen atoms in total. The summed E-state index contributed by atoms with van der Waals surface area (Å²) in [5.74, 6) is 0. The lowest BCUT2D eigenvalue weighted by Crippen LogP contribution is -1.99. The number of nitrogen functional groups attached to an aromatic ring is 1. The third-order valence-electron chi connectivity index (χ3n) is 1.39. The summed E-state index contributed by atoms with van der Waals surface area (Å²) in [5, 5.41) is 8.57. The van der Waals surface area contributed by atoms with Crippen LogP contribution in [0.15, 0.2) is 10.7 Å². The van der Waals surface area contributed by atoms with Crippen molar-refractivity contribution in [1.29, 1.82) is 5.26 Å². The van der Waals surface area contributed by atoms with Crippen molar-refractivity contribution in [3.05, 3.63) is 21.9 Å². The van der Waals surface area contributed by atoms with Gasteiger partial charge < -0.3 is 5.73 Å². The van der Waals surface area contributed by atoms with Gasteiger partial charge in [-0.05, 0) is 15.9 Å². The summed E-state index contributed by atoms with van der Waals surface area (Å²) in [7, 11) is 0. The largest absolute Gasteiger partial charge is 0.396 e. The standard InChI is InChI=1S/C7H4BrF2N3/c8-5-3(1-11)4(12)2-13-6(5)7(9)10/h2,7H,12H2. The van der Waals surface area contributed by atoms with Gasteiger partial charge in [-0.15, -0.1) is 0 Å². The fraction of sp³-hybridized carbons (Fsp3) is 0.143. The highest BCUT2D eigenvalue weighted by Crippen LogP contribution is 2.30. The van der Waals surface area contributed by atoms with Crippen LogP contribution in [-0.4, -0.2) is 4.98 Å². The predicted molar refractivity (Wildman–Crippen MR) is 46.0 cm³/mol. The number of nitrogens with zero attached hydrogens (tertiary/aromatic N) is 2. The third-order valence-corrected chi connectivity index (χ3v) is 2.20. The lowest BCUT2D eigenvalue weighted by atomic mass is 10.2. The Morgan fingerprint density at radius 1 is 1.62 bits per heavy atom. The molecule has 2 N–H and O–H groups in total. The van der Waals surface area contributed by atoms with Crippen molar-refractivity contribution in [3.63, 3.8) is 0 Å². The minimum atomic E-state index is -2.72. The number of alkyl halides is 2.